The van der Waals surface area contributed by atoms with Crippen molar-refractivity contribution in [2.45, 2.75) is 24.3 Å². The van der Waals surface area contributed by atoms with Crippen molar-refractivity contribution >= 4 is 56.2 Å². The Morgan fingerprint density at radius 3 is 2.61 bits per heavy atom. The lowest BCUT2D eigenvalue weighted by atomic mass is 10.2. The van der Waals surface area contributed by atoms with Crippen LogP contribution in [0.1, 0.15) is 24.2 Å². The Kier molecular flexibility index (Phi) is 4.99. The molecule has 5 heteroatoms. The summed E-state index contributed by atoms with van der Waals surface area (Å²) in [6.45, 7) is 6.06. The number of carbonyl (C=O) groups is 1. The lowest BCUT2D eigenvalue weighted by Crippen LogP contribution is -2.44. The molecule has 2 nitrogen and oxygen atoms in total. The van der Waals surface area contributed by atoms with Crippen molar-refractivity contribution in [3.8, 4) is 0 Å². The third-order valence-electron chi connectivity index (χ3n) is 2.87. The molecule has 2 unspecified atom stereocenters. The van der Waals surface area contributed by atoms with Crippen LogP contribution in [0.2, 0.25) is 0 Å². The van der Waals surface area contributed by atoms with Crippen LogP contribution in [-0.2, 0) is 0 Å². The monoisotopic (exact) mass is 439 g/mol. The van der Waals surface area contributed by atoms with Crippen molar-refractivity contribution in [1.29, 1.82) is 0 Å². The van der Waals surface area contributed by atoms with Crippen LogP contribution in [-0.4, -0.2) is 34.4 Å². The van der Waals surface area contributed by atoms with Gasteiger partial charge in [-0.1, -0.05) is 29.8 Å². The number of carbonyl (C=O) groups excluding carboxylic acids is 1. The van der Waals surface area contributed by atoms with E-state index >= 15 is 0 Å². The summed E-state index contributed by atoms with van der Waals surface area (Å²) in [5, 5.41) is 1.03. The minimum absolute atomic E-state index is 0.153. The number of rotatable bonds is 1. The van der Waals surface area contributed by atoms with E-state index in [1.807, 2.05) is 34.9 Å². The summed E-state index contributed by atoms with van der Waals surface area (Å²) in [6, 6.07) is 5.86. The van der Waals surface area contributed by atoms with Gasteiger partial charge in [0.25, 0.3) is 5.91 Å². The van der Waals surface area contributed by atoms with Crippen LogP contribution in [0, 0.1) is 3.57 Å². The fraction of sp³-hybridized carbons (Fsp3) is 0.462. The highest BCUT2D eigenvalue weighted by Gasteiger charge is 2.27. The van der Waals surface area contributed by atoms with Crippen LogP contribution in [0.5, 0.6) is 0 Å². The molecule has 1 aliphatic heterocycles. The number of halogens is 2. The van der Waals surface area contributed by atoms with Crippen LogP contribution < -0.4 is 0 Å². The van der Waals surface area contributed by atoms with Gasteiger partial charge in [-0.05, 0) is 40.8 Å². The summed E-state index contributed by atoms with van der Waals surface area (Å²) in [6.07, 6.45) is 0. The summed E-state index contributed by atoms with van der Waals surface area (Å²) in [4.78, 5) is 14.5. The number of hydrogen-bond donors (Lipinski definition) is 0. The highest BCUT2D eigenvalue weighted by Crippen LogP contribution is 2.27. The Labute approximate surface area is 134 Å². The molecule has 0 bridgehead atoms. The molecule has 0 aliphatic carbocycles. The van der Waals surface area contributed by atoms with E-state index in [0.29, 0.717) is 10.5 Å². The molecule has 1 amide bonds. The summed E-state index contributed by atoms with van der Waals surface area (Å²) >= 11 is 7.62. The molecular formula is C13H15BrINOS. The van der Waals surface area contributed by atoms with Crippen LogP contribution in [0.4, 0.5) is 0 Å². The third-order valence-corrected chi connectivity index (χ3v) is 5.53. The van der Waals surface area contributed by atoms with E-state index in [2.05, 4.69) is 52.4 Å². The Morgan fingerprint density at radius 2 is 2.00 bits per heavy atom. The van der Waals surface area contributed by atoms with E-state index in [1.165, 1.54) is 0 Å². The minimum atomic E-state index is 0.153. The van der Waals surface area contributed by atoms with E-state index < -0.39 is 0 Å². The zero-order chi connectivity index (χ0) is 13.3. The smallest absolute Gasteiger partial charge is 0.255 e. The van der Waals surface area contributed by atoms with Crippen LogP contribution in [0.25, 0.3) is 0 Å². The fourth-order valence-corrected chi connectivity index (χ4v) is 4.43. The lowest BCUT2D eigenvalue weighted by molar-refractivity contribution is 0.0752. The molecule has 2 rings (SSSR count). The van der Waals surface area contributed by atoms with Gasteiger partial charge in [0.2, 0.25) is 0 Å². The summed E-state index contributed by atoms with van der Waals surface area (Å²) in [5.41, 5.74) is 0.802. The summed E-state index contributed by atoms with van der Waals surface area (Å²) in [5.74, 6) is 0.153. The van der Waals surface area contributed by atoms with Crippen molar-refractivity contribution in [2.24, 2.45) is 0 Å². The van der Waals surface area contributed by atoms with Gasteiger partial charge in [-0.15, -0.1) is 0 Å². The normalized spacial score (nSPS) is 24.1. The Bertz CT molecular complexity index is 458. The van der Waals surface area contributed by atoms with Crippen molar-refractivity contribution < 1.29 is 4.79 Å². The van der Waals surface area contributed by atoms with Gasteiger partial charge in [0.1, 0.15) is 0 Å². The molecular weight excluding hydrogens is 425 g/mol. The molecule has 0 saturated carbocycles. The molecule has 1 aliphatic rings. The van der Waals surface area contributed by atoms with Crippen molar-refractivity contribution in [3.63, 3.8) is 0 Å². The molecule has 0 aromatic heterocycles. The molecule has 18 heavy (non-hydrogen) atoms. The van der Waals surface area contributed by atoms with Gasteiger partial charge in [0.15, 0.2) is 0 Å². The van der Waals surface area contributed by atoms with E-state index in [9.17, 15) is 4.79 Å². The average molecular weight is 440 g/mol. The number of amides is 1. The first-order valence-electron chi connectivity index (χ1n) is 5.87. The van der Waals surface area contributed by atoms with Gasteiger partial charge in [0, 0.05) is 31.6 Å². The second-order valence-electron chi connectivity index (χ2n) is 4.59. The Balaban J connectivity index is 2.22. The molecule has 1 saturated heterocycles. The van der Waals surface area contributed by atoms with Gasteiger partial charge >= 0.3 is 0 Å². The van der Waals surface area contributed by atoms with Crippen LogP contribution >= 0.6 is 50.3 Å². The van der Waals surface area contributed by atoms with Crippen LogP contribution in [0.15, 0.2) is 22.7 Å². The predicted molar refractivity (Wildman–Crippen MR) is 89.3 cm³/mol. The summed E-state index contributed by atoms with van der Waals surface area (Å²) < 4.78 is 1.97. The minimum Gasteiger partial charge on any atom is -0.336 e. The highest BCUT2D eigenvalue weighted by atomic mass is 127. The van der Waals surface area contributed by atoms with Crippen molar-refractivity contribution in [3.05, 3.63) is 31.8 Å². The Hall–Kier alpha value is 0.250. The molecule has 0 N–H and O–H groups in total. The number of nitrogens with zero attached hydrogens (tertiary/aromatic N) is 1. The topological polar surface area (TPSA) is 20.3 Å². The number of benzene rings is 1. The molecule has 1 aromatic carbocycles. The van der Waals surface area contributed by atoms with Crippen LogP contribution in [0.3, 0.4) is 0 Å². The first kappa shape index (κ1) is 14.7. The van der Waals surface area contributed by atoms with E-state index in [1.54, 1.807) is 0 Å². The number of hydrogen-bond acceptors (Lipinski definition) is 2. The second-order valence-corrected chi connectivity index (χ2v) is 8.55. The first-order valence-corrected chi connectivity index (χ1v) is 8.68. The summed E-state index contributed by atoms with van der Waals surface area (Å²) in [7, 11) is 0. The Morgan fingerprint density at radius 1 is 1.39 bits per heavy atom. The molecule has 0 spiro atoms. The fourth-order valence-electron chi connectivity index (χ4n) is 2.18. The maximum absolute atomic E-state index is 12.6. The van der Waals surface area contributed by atoms with Gasteiger partial charge < -0.3 is 4.90 Å². The third kappa shape index (κ3) is 3.42. The molecule has 0 radical (unpaired) electrons. The molecule has 1 aromatic rings. The zero-order valence-corrected chi connectivity index (χ0v) is 14.9. The van der Waals surface area contributed by atoms with Gasteiger partial charge in [-0.2, -0.15) is 11.8 Å². The predicted octanol–water partition coefficient (Wildman–Crippen LogP) is 4.02. The van der Waals surface area contributed by atoms with Gasteiger partial charge in [-0.3, -0.25) is 4.79 Å². The highest BCUT2D eigenvalue weighted by molar-refractivity contribution is 14.1. The van der Waals surface area contributed by atoms with E-state index in [0.717, 1.165) is 26.7 Å². The van der Waals surface area contributed by atoms with E-state index in [4.69, 9.17) is 0 Å². The van der Waals surface area contributed by atoms with Crippen molar-refractivity contribution in [2.75, 3.05) is 13.1 Å². The molecule has 1 heterocycles. The van der Waals surface area contributed by atoms with Gasteiger partial charge in [-0.25, -0.2) is 0 Å². The largest absolute Gasteiger partial charge is 0.336 e. The zero-order valence-electron chi connectivity index (χ0n) is 10.3. The van der Waals surface area contributed by atoms with E-state index in [-0.39, 0.29) is 5.91 Å². The number of thioether (sulfide) groups is 1. The first-order chi connectivity index (χ1) is 8.47. The molecule has 1 fully saturated rings. The average Bonchev–Trinajstić information content (AvgIpc) is 2.30. The maximum atomic E-state index is 12.6. The standard InChI is InChI=1S/C13H15BrINOS/c1-8-6-16(7-9(2)18-8)13(17)11-5-10(14)3-4-12(11)15/h3-5,8-9H,6-7H2,1-2H3. The van der Waals surface area contributed by atoms with Gasteiger partial charge in [0.05, 0.1) is 5.56 Å². The lowest BCUT2D eigenvalue weighted by Gasteiger charge is -2.34. The molecule has 2 atom stereocenters. The molecule has 98 valence electrons. The quantitative estimate of drug-likeness (QED) is 0.616. The SMILES string of the molecule is CC1CN(C(=O)c2cc(Br)ccc2I)CC(C)S1. The maximum Gasteiger partial charge on any atom is 0.255 e. The van der Waals surface area contributed by atoms with Crippen molar-refractivity contribution in [1.82, 2.24) is 4.90 Å². The second kappa shape index (κ2) is 6.13.